The molecule has 78 heavy (non-hydrogen) atoms. The standard InChI is InChI=1S/C21H25FN4O.C21H26N4O.C20H23N3O2/c1-3-26-8-4-5-15(12-26)21(27)19-9-13(2)20(25-24-19)14-6-7-16-17(22)11-23-18(16)10-14;1-3-25-10-4-5-17(13-25)21(26)19-11-14(2)20(24-23-19)16-7-6-15-8-9-22-18(15)12-16;1-13-10-17(20(24)16-4-3-8-23(2)12-16)21-22-19(13)15-5-6-18-14(11-15)7-9-25-18/h6-7,9-11,15,21,23,27H,3-5,8,12H2,1-2H3;6-9,11-12,17,21-22,26H,3-5,10,13H2,1-2H3;5-7,9-11,16,20,24H,3-4,8,12H2,1-2H3. The van der Waals surface area contributed by atoms with Crippen LogP contribution in [0.4, 0.5) is 4.39 Å². The first-order valence-corrected chi connectivity index (χ1v) is 27.9. The lowest BCUT2D eigenvalue weighted by molar-refractivity contribution is 0.0488. The van der Waals surface area contributed by atoms with Crippen LogP contribution >= 0.6 is 0 Å². The van der Waals surface area contributed by atoms with Crippen molar-refractivity contribution in [1.29, 1.82) is 0 Å². The van der Waals surface area contributed by atoms with Gasteiger partial charge in [0.05, 0.1) is 40.4 Å². The number of halogens is 1. The Morgan fingerprint density at radius 1 is 0.564 bits per heavy atom. The van der Waals surface area contributed by atoms with E-state index in [1.54, 1.807) is 12.3 Å². The zero-order valence-corrected chi connectivity index (χ0v) is 45.8. The van der Waals surface area contributed by atoms with Crippen LogP contribution in [0.1, 0.15) is 104 Å². The van der Waals surface area contributed by atoms with Crippen LogP contribution < -0.4 is 0 Å². The molecule has 9 aromatic rings. The highest BCUT2D eigenvalue weighted by molar-refractivity contribution is 5.86. The van der Waals surface area contributed by atoms with Gasteiger partial charge in [0.2, 0.25) is 0 Å². The number of H-pyrrole nitrogens is 2. The van der Waals surface area contributed by atoms with Crippen LogP contribution in [0.25, 0.3) is 66.5 Å². The molecule has 0 amide bonds. The van der Waals surface area contributed by atoms with Gasteiger partial charge in [-0.1, -0.05) is 32.0 Å². The van der Waals surface area contributed by atoms with E-state index in [9.17, 15) is 19.7 Å². The van der Waals surface area contributed by atoms with E-state index in [4.69, 9.17) is 4.42 Å². The van der Waals surface area contributed by atoms with Crippen LogP contribution in [0, 0.1) is 44.3 Å². The molecule has 3 aromatic carbocycles. The fourth-order valence-electron chi connectivity index (χ4n) is 11.8. The van der Waals surface area contributed by atoms with Crippen molar-refractivity contribution in [1.82, 2.24) is 55.3 Å². The molecule has 9 heterocycles. The molecule has 3 aliphatic rings. The number of nitrogens with zero attached hydrogens (tertiary/aromatic N) is 9. The Kier molecular flexibility index (Phi) is 17.1. The van der Waals surface area contributed by atoms with Crippen LogP contribution in [0.5, 0.6) is 0 Å². The lowest BCUT2D eigenvalue weighted by Gasteiger charge is -2.34. The van der Waals surface area contributed by atoms with Crippen LogP contribution in [0.2, 0.25) is 0 Å². The first-order valence-electron chi connectivity index (χ1n) is 27.9. The summed E-state index contributed by atoms with van der Waals surface area (Å²) in [5.74, 6) is 0.391. The Labute approximate surface area is 456 Å². The van der Waals surface area contributed by atoms with Crippen molar-refractivity contribution >= 4 is 32.8 Å². The number of nitrogens with one attached hydrogen (secondary N) is 2. The molecular formula is C62H74FN11O4. The number of furan rings is 1. The first kappa shape index (κ1) is 54.6. The van der Waals surface area contributed by atoms with E-state index < -0.39 is 18.3 Å². The lowest BCUT2D eigenvalue weighted by atomic mass is 9.90. The molecule has 6 aromatic heterocycles. The van der Waals surface area contributed by atoms with Crippen molar-refractivity contribution in [2.45, 2.75) is 91.5 Å². The first-order chi connectivity index (χ1) is 37.8. The molecule has 3 fully saturated rings. The SMILES string of the molecule is CCN1CCCC(C(O)c2cc(C)c(-c3ccc4c(F)c[nH]c4c3)nn2)C1.CCN1CCCC(C(O)c2cc(C)c(-c3ccc4cc[nH]c4c3)nn2)C1.Cc1cc(C(O)C2CCCN(C)C2)nnc1-c1ccc2occc2c1. The molecule has 0 saturated carbocycles. The van der Waals surface area contributed by atoms with E-state index in [1.165, 1.54) is 11.6 Å². The normalized spacial score (nSPS) is 19.7. The zero-order chi connectivity index (χ0) is 54.5. The van der Waals surface area contributed by atoms with Gasteiger partial charge in [-0.3, -0.25) is 0 Å². The van der Waals surface area contributed by atoms with Crippen molar-refractivity contribution in [2.24, 2.45) is 17.8 Å². The average Bonchev–Trinajstić information content (AvgIpc) is 4.29. The molecule has 5 N–H and O–H groups in total. The maximum absolute atomic E-state index is 13.6. The number of piperidine rings is 3. The number of rotatable bonds is 11. The van der Waals surface area contributed by atoms with Gasteiger partial charge < -0.3 is 44.4 Å². The Hall–Kier alpha value is -6.79. The molecular weight excluding hydrogens is 982 g/mol. The Morgan fingerprint density at radius 2 is 1.06 bits per heavy atom. The molecule has 6 atom stereocenters. The van der Waals surface area contributed by atoms with Gasteiger partial charge in [0.1, 0.15) is 29.7 Å². The number of aliphatic hydroxyl groups is 3. The fraction of sp³-hybridized carbons (Fsp3) is 0.419. The van der Waals surface area contributed by atoms with E-state index in [0.29, 0.717) is 22.5 Å². The lowest BCUT2D eigenvalue weighted by Crippen LogP contribution is -2.37. The number of aromatic amines is 2. The Morgan fingerprint density at radius 3 is 1.60 bits per heavy atom. The zero-order valence-electron chi connectivity index (χ0n) is 45.8. The number of benzene rings is 3. The molecule has 0 radical (unpaired) electrons. The summed E-state index contributed by atoms with van der Waals surface area (Å²) in [6, 6.07) is 27.7. The Balaban J connectivity index is 0.000000132. The number of aliphatic hydroxyl groups excluding tert-OH is 3. The third-order valence-electron chi connectivity index (χ3n) is 16.4. The van der Waals surface area contributed by atoms with Crippen molar-refractivity contribution in [3.8, 4) is 33.8 Å². The number of hydrogen-bond acceptors (Lipinski definition) is 13. The van der Waals surface area contributed by atoms with E-state index >= 15 is 0 Å². The largest absolute Gasteiger partial charge is 0.464 e. The highest BCUT2D eigenvalue weighted by Crippen LogP contribution is 2.35. The van der Waals surface area contributed by atoms with Gasteiger partial charge in [0, 0.05) is 88.3 Å². The summed E-state index contributed by atoms with van der Waals surface area (Å²) in [6.45, 7) is 18.5. The number of likely N-dealkylation sites (tertiary alicyclic amines) is 3. The molecule has 0 spiro atoms. The summed E-state index contributed by atoms with van der Waals surface area (Å²) in [6.07, 6.45) is 9.73. The predicted molar refractivity (Wildman–Crippen MR) is 305 cm³/mol. The summed E-state index contributed by atoms with van der Waals surface area (Å²) >= 11 is 0. The molecule has 3 saturated heterocycles. The highest BCUT2D eigenvalue weighted by Gasteiger charge is 2.30. The van der Waals surface area contributed by atoms with Gasteiger partial charge in [-0.15, -0.1) is 15.3 Å². The molecule has 6 unspecified atom stereocenters. The smallest absolute Gasteiger partial charge is 0.148 e. The fourth-order valence-corrected chi connectivity index (χ4v) is 11.8. The van der Waals surface area contributed by atoms with Gasteiger partial charge in [-0.05, 0) is 188 Å². The van der Waals surface area contributed by atoms with Crippen molar-refractivity contribution in [3.63, 3.8) is 0 Å². The van der Waals surface area contributed by atoms with Crippen molar-refractivity contribution < 1.29 is 24.1 Å². The number of aromatic nitrogens is 8. The molecule has 0 bridgehead atoms. The predicted octanol–water partition coefficient (Wildman–Crippen LogP) is 11.1. The summed E-state index contributed by atoms with van der Waals surface area (Å²) in [5, 5.41) is 61.5. The monoisotopic (exact) mass is 1060 g/mol. The summed E-state index contributed by atoms with van der Waals surface area (Å²) in [4.78, 5) is 13.2. The molecule has 0 aliphatic carbocycles. The van der Waals surface area contributed by atoms with Crippen LogP contribution in [0.3, 0.4) is 0 Å². The van der Waals surface area contributed by atoms with Gasteiger partial charge >= 0.3 is 0 Å². The van der Waals surface area contributed by atoms with Crippen molar-refractivity contribution in [3.05, 3.63) is 143 Å². The minimum Gasteiger partial charge on any atom is -0.464 e. The number of aryl methyl sites for hydroxylation is 3. The van der Waals surface area contributed by atoms with Crippen LogP contribution in [0.15, 0.2) is 108 Å². The second-order valence-corrected chi connectivity index (χ2v) is 21.8. The van der Waals surface area contributed by atoms with Crippen molar-refractivity contribution in [2.75, 3.05) is 59.4 Å². The molecule has 16 heteroatoms. The van der Waals surface area contributed by atoms with Gasteiger partial charge in [-0.2, -0.15) is 15.3 Å². The second-order valence-electron chi connectivity index (χ2n) is 21.8. The molecule has 408 valence electrons. The maximum atomic E-state index is 13.6. The van der Waals surface area contributed by atoms with E-state index in [0.717, 1.165) is 163 Å². The van der Waals surface area contributed by atoms with Gasteiger partial charge in [0.15, 0.2) is 0 Å². The van der Waals surface area contributed by atoms with Crippen LogP contribution in [-0.4, -0.2) is 130 Å². The second kappa shape index (κ2) is 24.5. The third kappa shape index (κ3) is 12.2. The van der Waals surface area contributed by atoms with E-state index in [-0.39, 0.29) is 23.6 Å². The molecule has 15 nitrogen and oxygen atoms in total. The quantitative estimate of drug-likeness (QED) is 0.0823. The highest BCUT2D eigenvalue weighted by atomic mass is 19.1. The van der Waals surface area contributed by atoms with Crippen LogP contribution in [-0.2, 0) is 0 Å². The average molecular weight is 1060 g/mol. The summed E-state index contributed by atoms with van der Waals surface area (Å²) < 4.78 is 19.0. The Bertz CT molecular complexity index is 3470. The summed E-state index contributed by atoms with van der Waals surface area (Å²) in [5.41, 5.74) is 13.1. The summed E-state index contributed by atoms with van der Waals surface area (Å²) in [7, 11) is 2.10. The number of fused-ring (bicyclic) bond motifs is 3. The molecule has 3 aliphatic heterocycles. The topological polar surface area (TPSA) is 192 Å². The van der Waals surface area contributed by atoms with Gasteiger partial charge in [-0.25, -0.2) is 4.39 Å². The minimum atomic E-state index is -0.598. The third-order valence-corrected chi connectivity index (χ3v) is 16.4. The van der Waals surface area contributed by atoms with E-state index in [2.05, 4.69) is 106 Å². The maximum Gasteiger partial charge on any atom is 0.148 e. The number of hydrogen-bond donors (Lipinski definition) is 5. The molecule has 12 rings (SSSR count). The minimum absolute atomic E-state index is 0.191. The van der Waals surface area contributed by atoms with E-state index in [1.807, 2.05) is 75.5 Å². The van der Waals surface area contributed by atoms with Gasteiger partial charge in [0.25, 0.3) is 0 Å².